The standard InChI is InChI=1S/C6H13NO3/c1-4(9-2)5(7)6(8)10-3/h4-5H,7H2,1-3H3. The van der Waals surface area contributed by atoms with E-state index in [1.165, 1.54) is 14.2 Å². The molecule has 0 bridgehead atoms. The molecule has 4 heteroatoms. The minimum atomic E-state index is -0.685. The molecule has 0 saturated heterocycles. The number of methoxy groups -OCH3 is 2. The van der Waals surface area contributed by atoms with Gasteiger partial charge in [-0.15, -0.1) is 0 Å². The van der Waals surface area contributed by atoms with E-state index in [-0.39, 0.29) is 6.10 Å². The van der Waals surface area contributed by atoms with Gasteiger partial charge < -0.3 is 15.2 Å². The summed E-state index contributed by atoms with van der Waals surface area (Å²) in [6, 6.07) is -0.685. The third kappa shape index (κ3) is 2.33. The second kappa shape index (κ2) is 4.24. The molecule has 0 aromatic rings. The quantitative estimate of drug-likeness (QED) is 0.548. The van der Waals surface area contributed by atoms with Gasteiger partial charge in [-0.05, 0) is 6.92 Å². The van der Waals surface area contributed by atoms with Crippen LogP contribution in [0.25, 0.3) is 0 Å². The van der Waals surface area contributed by atoms with Crippen molar-refractivity contribution in [1.29, 1.82) is 0 Å². The minimum Gasteiger partial charge on any atom is -0.468 e. The molecule has 0 aliphatic rings. The molecule has 0 aromatic carbocycles. The van der Waals surface area contributed by atoms with Crippen LogP contribution in [0.2, 0.25) is 0 Å². The van der Waals surface area contributed by atoms with E-state index >= 15 is 0 Å². The summed E-state index contributed by atoms with van der Waals surface area (Å²) in [6.45, 7) is 1.71. The molecule has 0 amide bonds. The van der Waals surface area contributed by atoms with Crippen molar-refractivity contribution in [3.63, 3.8) is 0 Å². The Morgan fingerprint density at radius 1 is 1.50 bits per heavy atom. The number of hydrogen-bond donors (Lipinski definition) is 1. The summed E-state index contributed by atoms with van der Waals surface area (Å²) in [6.07, 6.45) is -0.299. The molecule has 0 aliphatic heterocycles. The molecule has 0 saturated carbocycles. The third-order valence-electron chi connectivity index (χ3n) is 1.35. The van der Waals surface area contributed by atoms with Gasteiger partial charge in [0, 0.05) is 7.11 Å². The Kier molecular flexibility index (Phi) is 3.99. The van der Waals surface area contributed by atoms with E-state index in [9.17, 15) is 4.79 Å². The van der Waals surface area contributed by atoms with Crippen LogP contribution in [0.1, 0.15) is 6.92 Å². The Balaban J connectivity index is 3.81. The predicted molar refractivity (Wildman–Crippen MR) is 36.5 cm³/mol. The normalized spacial score (nSPS) is 16.0. The fourth-order valence-corrected chi connectivity index (χ4v) is 0.474. The van der Waals surface area contributed by atoms with Crippen LogP contribution in [-0.4, -0.2) is 32.3 Å². The Morgan fingerprint density at radius 3 is 2.30 bits per heavy atom. The number of carbonyl (C=O) groups excluding carboxylic acids is 1. The van der Waals surface area contributed by atoms with Gasteiger partial charge in [0.25, 0.3) is 0 Å². The molecule has 2 unspecified atom stereocenters. The Hall–Kier alpha value is -0.610. The highest BCUT2D eigenvalue weighted by Crippen LogP contribution is 1.95. The van der Waals surface area contributed by atoms with Crippen molar-refractivity contribution in [2.75, 3.05) is 14.2 Å². The maximum atomic E-state index is 10.7. The number of nitrogens with two attached hydrogens (primary N) is 1. The average molecular weight is 147 g/mol. The Bertz CT molecular complexity index is 116. The summed E-state index contributed by atoms with van der Waals surface area (Å²) < 4.78 is 9.20. The molecular formula is C6H13NO3. The summed E-state index contributed by atoms with van der Waals surface area (Å²) in [5.74, 6) is -0.450. The van der Waals surface area contributed by atoms with E-state index in [1.807, 2.05) is 0 Å². The van der Waals surface area contributed by atoms with Crippen LogP contribution in [0.4, 0.5) is 0 Å². The number of carbonyl (C=O) groups is 1. The number of ether oxygens (including phenoxy) is 2. The lowest BCUT2D eigenvalue weighted by molar-refractivity contribution is -0.145. The van der Waals surface area contributed by atoms with Gasteiger partial charge in [-0.2, -0.15) is 0 Å². The van der Waals surface area contributed by atoms with Gasteiger partial charge in [-0.25, -0.2) is 0 Å². The molecule has 60 valence electrons. The number of hydrogen-bond acceptors (Lipinski definition) is 4. The summed E-state index contributed by atoms with van der Waals surface area (Å²) >= 11 is 0. The van der Waals surface area contributed by atoms with Crippen molar-refractivity contribution in [3.05, 3.63) is 0 Å². The number of rotatable bonds is 3. The largest absolute Gasteiger partial charge is 0.468 e. The fourth-order valence-electron chi connectivity index (χ4n) is 0.474. The first-order valence-corrected chi connectivity index (χ1v) is 2.99. The molecule has 0 spiro atoms. The zero-order valence-corrected chi connectivity index (χ0v) is 6.46. The molecule has 0 aromatic heterocycles. The smallest absolute Gasteiger partial charge is 0.325 e. The van der Waals surface area contributed by atoms with Gasteiger partial charge in [0.15, 0.2) is 0 Å². The zero-order chi connectivity index (χ0) is 8.15. The second-order valence-corrected chi connectivity index (χ2v) is 1.99. The zero-order valence-electron chi connectivity index (χ0n) is 6.46. The van der Waals surface area contributed by atoms with E-state index in [1.54, 1.807) is 6.92 Å². The predicted octanol–water partition coefficient (Wildman–Crippen LogP) is -0.478. The van der Waals surface area contributed by atoms with Crippen molar-refractivity contribution in [3.8, 4) is 0 Å². The maximum absolute atomic E-state index is 10.7. The van der Waals surface area contributed by atoms with Crippen LogP contribution < -0.4 is 5.73 Å². The van der Waals surface area contributed by atoms with Crippen molar-refractivity contribution in [1.82, 2.24) is 0 Å². The van der Waals surface area contributed by atoms with Gasteiger partial charge in [0.2, 0.25) is 0 Å². The summed E-state index contributed by atoms with van der Waals surface area (Å²) in [5, 5.41) is 0. The van der Waals surface area contributed by atoms with Crippen LogP contribution in [0.15, 0.2) is 0 Å². The highest BCUT2D eigenvalue weighted by atomic mass is 16.5. The molecule has 2 atom stereocenters. The Morgan fingerprint density at radius 2 is 2.00 bits per heavy atom. The first-order chi connectivity index (χ1) is 4.63. The molecule has 2 N–H and O–H groups in total. The third-order valence-corrected chi connectivity index (χ3v) is 1.35. The van der Waals surface area contributed by atoms with Crippen LogP contribution in [0.5, 0.6) is 0 Å². The first kappa shape index (κ1) is 9.39. The maximum Gasteiger partial charge on any atom is 0.325 e. The molecule has 10 heavy (non-hydrogen) atoms. The molecule has 0 heterocycles. The SMILES string of the molecule is COC(=O)C(N)C(C)OC. The molecule has 4 nitrogen and oxygen atoms in total. The van der Waals surface area contributed by atoms with Crippen molar-refractivity contribution in [2.24, 2.45) is 5.73 Å². The van der Waals surface area contributed by atoms with E-state index in [2.05, 4.69) is 4.74 Å². The summed E-state index contributed by atoms with van der Waals surface area (Å²) in [5.41, 5.74) is 5.38. The van der Waals surface area contributed by atoms with Crippen LogP contribution >= 0.6 is 0 Å². The fraction of sp³-hybridized carbons (Fsp3) is 0.833. The van der Waals surface area contributed by atoms with E-state index in [4.69, 9.17) is 10.5 Å². The Labute approximate surface area is 60.3 Å². The van der Waals surface area contributed by atoms with Crippen LogP contribution in [0.3, 0.4) is 0 Å². The van der Waals surface area contributed by atoms with Crippen LogP contribution in [-0.2, 0) is 14.3 Å². The van der Waals surface area contributed by atoms with Gasteiger partial charge >= 0.3 is 5.97 Å². The molecule has 0 fully saturated rings. The van der Waals surface area contributed by atoms with Crippen molar-refractivity contribution < 1.29 is 14.3 Å². The second-order valence-electron chi connectivity index (χ2n) is 1.99. The van der Waals surface area contributed by atoms with Crippen molar-refractivity contribution >= 4 is 5.97 Å². The van der Waals surface area contributed by atoms with Gasteiger partial charge in [0.05, 0.1) is 13.2 Å². The molecule has 0 rings (SSSR count). The lowest BCUT2D eigenvalue weighted by Gasteiger charge is -2.15. The van der Waals surface area contributed by atoms with Gasteiger partial charge in [0.1, 0.15) is 6.04 Å². The molecular weight excluding hydrogens is 134 g/mol. The highest BCUT2D eigenvalue weighted by molar-refractivity contribution is 5.75. The lowest BCUT2D eigenvalue weighted by Crippen LogP contribution is -2.41. The lowest BCUT2D eigenvalue weighted by atomic mass is 10.2. The minimum absolute atomic E-state index is 0.299. The number of esters is 1. The first-order valence-electron chi connectivity index (χ1n) is 2.99. The van der Waals surface area contributed by atoms with Gasteiger partial charge in [-0.3, -0.25) is 4.79 Å². The molecule has 0 aliphatic carbocycles. The van der Waals surface area contributed by atoms with Crippen LogP contribution in [0, 0.1) is 0 Å². The summed E-state index contributed by atoms with van der Waals surface area (Å²) in [4.78, 5) is 10.7. The molecule has 0 radical (unpaired) electrons. The van der Waals surface area contributed by atoms with E-state index in [0.717, 1.165) is 0 Å². The van der Waals surface area contributed by atoms with E-state index in [0.29, 0.717) is 0 Å². The van der Waals surface area contributed by atoms with E-state index < -0.39 is 12.0 Å². The monoisotopic (exact) mass is 147 g/mol. The van der Waals surface area contributed by atoms with Gasteiger partial charge in [-0.1, -0.05) is 0 Å². The average Bonchev–Trinajstić information content (AvgIpc) is 2.00. The summed E-state index contributed by atoms with van der Waals surface area (Å²) in [7, 11) is 2.79. The highest BCUT2D eigenvalue weighted by Gasteiger charge is 2.20. The topological polar surface area (TPSA) is 61.5 Å². The van der Waals surface area contributed by atoms with Crippen molar-refractivity contribution in [2.45, 2.75) is 19.1 Å².